The van der Waals surface area contributed by atoms with Gasteiger partial charge >= 0.3 is 0 Å². The van der Waals surface area contributed by atoms with Crippen molar-refractivity contribution in [2.45, 2.75) is 57.2 Å². The van der Waals surface area contributed by atoms with Crippen LogP contribution in [0.3, 0.4) is 0 Å². The Hall–Kier alpha value is -5.45. The minimum atomic E-state index is -0.781. The molecule has 2 bridgehead atoms. The topological polar surface area (TPSA) is 126 Å². The van der Waals surface area contributed by atoms with Gasteiger partial charge in [0.2, 0.25) is 17.7 Å². The van der Waals surface area contributed by atoms with Crippen LogP contribution in [0, 0.1) is 11.8 Å². The second-order valence-corrected chi connectivity index (χ2v) is 14.0. The van der Waals surface area contributed by atoms with Crippen LogP contribution >= 0.6 is 0 Å². The fraction of sp³-hybridized carbons (Fsp3) is 0.375. The first-order valence-corrected chi connectivity index (χ1v) is 17.8. The number of nitrogens with zero attached hydrogens (tertiary/aromatic N) is 4. The molecule has 0 unspecified atom stereocenters. The highest BCUT2D eigenvalue weighted by atomic mass is 16.5. The molecule has 3 aliphatic heterocycles. The molecule has 3 aliphatic rings. The highest BCUT2D eigenvalue weighted by Gasteiger charge is 2.45. The zero-order chi connectivity index (χ0) is 35.5. The van der Waals surface area contributed by atoms with Crippen molar-refractivity contribution in [2.75, 3.05) is 26.7 Å². The van der Waals surface area contributed by atoms with Gasteiger partial charge in [-0.2, -0.15) is 5.10 Å². The van der Waals surface area contributed by atoms with Gasteiger partial charge in [-0.3, -0.25) is 19.2 Å². The normalized spacial score (nSPS) is 24.0. The molecule has 51 heavy (non-hydrogen) atoms. The molecule has 7 rings (SSSR count). The fourth-order valence-corrected chi connectivity index (χ4v) is 7.92. The molecular weight excluding hydrogens is 644 g/mol. The number of carbonyl (C=O) groups excluding carboxylic acids is 4. The Morgan fingerprint density at radius 1 is 0.902 bits per heavy atom. The van der Waals surface area contributed by atoms with Crippen LogP contribution in [0.5, 0.6) is 5.75 Å². The summed E-state index contributed by atoms with van der Waals surface area (Å²) in [6.45, 7) is 3.09. The van der Waals surface area contributed by atoms with Crippen LogP contribution in [0.4, 0.5) is 0 Å². The minimum absolute atomic E-state index is 0.0145. The van der Waals surface area contributed by atoms with Crippen molar-refractivity contribution in [3.05, 3.63) is 102 Å². The van der Waals surface area contributed by atoms with Gasteiger partial charge in [0.05, 0.1) is 18.5 Å². The van der Waals surface area contributed by atoms with E-state index >= 15 is 0 Å². The summed E-state index contributed by atoms with van der Waals surface area (Å²) in [6, 6.07) is 27.3. The first-order valence-electron chi connectivity index (χ1n) is 17.8. The van der Waals surface area contributed by atoms with Gasteiger partial charge in [0.25, 0.3) is 5.91 Å². The second kappa shape index (κ2) is 14.8. The van der Waals surface area contributed by atoms with E-state index in [-0.39, 0.29) is 47.9 Å². The van der Waals surface area contributed by atoms with Crippen molar-refractivity contribution < 1.29 is 23.9 Å². The Morgan fingerprint density at radius 3 is 2.35 bits per heavy atom. The van der Waals surface area contributed by atoms with Gasteiger partial charge in [-0.25, -0.2) is 4.68 Å². The molecule has 0 aliphatic carbocycles. The zero-order valence-electron chi connectivity index (χ0n) is 29.0. The third-order valence-electron chi connectivity index (χ3n) is 10.4. The second-order valence-electron chi connectivity index (χ2n) is 14.0. The van der Waals surface area contributed by atoms with Crippen LogP contribution in [0.2, 0.25) is 0 Å². The number of aromatic nitrogens is 2. The van der Waals surface area contributed by atoms with E-state index in [9.17, 15) is 19.2 Å². The maximum atomic E-state index is 14.5. The molecule has 0 saturated carbocycles. The standard InChI is InChI=1S/C40H44N6O5/c1-26-38(48)42-33(21-27-10-5-3-6-11-27)40(50)45-24-28-20-30(35(45)14-9-15-37(47)41-26)25-44(23-28)39(49)34-22-36(29-12-7-4-8-13-29)46(43-34)31-16-18-32(51-2)19-17-31/h3-8,10-13,16-19,22,26,28,30,33,35H,9,14-15,20-21,23-25H2,1-2H3,(H,41,47)(H,42,48)/t26-,28+,30-,33+,35+/m1/s1. The molecule has 2 N–H and O–H groups in total. The summed E-state index contributed by atoms with van der Waals surface area (Å²) in [5, 5.41) is 10.6. The lowest BCUT2D eigenvalue weighted by Gasteiger charge is -2.51. The van der Waals surface area contributed by atoms with E-state index < -0.39 is 12.1 Å². The lowest BCUT2D eigenvalue weighted by molar-refractivity contribution is -0.145. The van der Waals surface area contributed by atoms with Gasteiger partial charge in [0.15, 0.2) is 5.69 Å². The highest BCUT2D eigenvalue weighted by Crippen LogP contribution is 2.37. The SMILES string of the molecule is COc1ccc(-n2nc(C(=O)N3C[C@@H]4C[C@H](C3)[C@@H]3CCCC(=O)N[C@H](C)C(=O)N[C@@H](Cc5ccccc5)C(=O)N3C4)cc2-c2ccccc2)cc1. The van der Waals surface area contributed by atoms with Gasteiger partial charge in [-0.1, -0.05) is 60.7 Å². The monoisotopic (exact) mass is 688 g/mol. The van der Waals surface area contributed by atoms with E-state index in [1.807, 2.05) is 101 Å². The summed E-state index contributed by atoms with van der Waals surface area (Å²) >= 11 is 0. The van der Waals surface area contributed by atoms with Gasteiger partial charge < -0.3 is 25.2 Å². The summed E-state index contributed by atoms with van der Waals surface area (Å²) < 4.78 is 7.16. The molecule has 3 saturated heterocycles. The summed E-state index contributed by atoms with van der Waals surface area (Å²) in [7, 11) is 1.62. The number of hydrogen-bond donors (Lipinski definition) is 2. The molecule has 3 fully saturated rings. The molecule has 0 spiro atoms. The number of nitrogens with one attached hydrogen (secondary N) is 2. The molecule has 4 heterocycles. The first-order chi connectivity index (χ1) is 24.8. The van der Waals surface area contributed by atoms with Gasteiger partial charge in [0, 0.05) is 44.1 Å². The van der Waals surface area contributed by atoms with E-state index in [1.165, 1.54) is 0 Å². The van der Waals surface area contributed by atoms with Crippen LogP contribution in [0.15, 0.2) is 91.0 Å². The number of rotatable bonds is 6. The fourth-order valence-electron chi connectivity index (χ4n) is 7.92. The summed E-state index contributed by atoms with van der Waals surface area (Å²) in [5.41, 5.74) is 3.84. The molecule has 3 aromatic carbocycles. The van der Waals surface area contributed by atoms with Crippen LogP contribution in [-0.2, 0) is 20.8 Å². The number of piperidine rings is 2. The van der Waals surface area contributed by atoms with Crippen LogP contribution in [0.25, 0.3) is 16.9 Å². The Bertz CT molecular complexity index is 1880. The average Bonchev–Trinajstić information content (AvgIpc) is 3.60. The smallest absolute Gasteiger partial charge is 0.274 e. The number of carbonyl (C=O) groups is 4. The number of likely N-dealkylation sites (tertiary alicyclic amines) is 1. The Balaban J connectivity index is 1.16. The predicted octanol–water partition coefficient (Wildman–Crippen LogP) is 4.25. The zero-order valence-corrected chi connectivity index (χ0v) is 29.0. The molecule has 11 nitrogen and oxygen atoms in total. The number of methoxy groups -OCH3 is 1. The van der Waals surface area contributed by atoms with Crippen LogP contribution in [0.1, 0.15) is 48.7 Å². The Kier molecular flexibility index (Phi) is 9.87. The Morgan fingerprint density at radius 2 is 1.63 bits per heavy atom. The molecule has 5 atom stereocenters. The van der Waals surface area contributed by atoms with Crippen molar-refractivity contribution in [2.24, 2.45) is 11.8 Å². The lowest BCUT2D eigenvalue weighted by Crippen LogP contribution is -2.64. The molecular formula is C40H44N6O5. The quantitative estimate of drug-likeness (QED) is 0.312. The maximum Gasteiger partial charge on any atom is 0.274 e. The van der Waals surface area contributed by atoms with Crippen molar-refractivity contribution in [3.8, 4) is 22.7 Å². The van der Waals surface area contributed by atoms with Crippen LogP contribution in [-0.4, -0.2) is 88.1 Å². The largest absolute Gasteiger partial charge is 0.497 e. The number of amides is 4. The lowest BCUT2D eigenvalue weighted by atomic mass is 9.77. The van der Waals surface area contributed by atoms with E-state index in [0.29, 0.717) is 44.6 Å². The maximum absolute atomic E-state index is 14.5. The summed E-state index contributed by atoms with van der Waals surface area (Å²) in [5.74, 6) is -0.0269. The number of benzene rings is 3. The molecule has 11 heteroatoms. The third kappa shape index (κ3) is 7.38. The molecule has 0 radical (unpaired) electrons. The van der Waals surface area contributed by atoms with E-state index in [4.69, 9.17) is 9.84 Å². The van der Waals surface area contributed by atoms with E-state index in [2.05, 4.69) is 10.6 Å². The third-order valence-corrected chi connectivity index (χ3v) is 10.4. The highest BCUT2D eigenvalue weighted by molar-refractivity contribution is 5.94. The first kappa shape index (κ1) is 34.0. The van der Waals surface area contributed by atoms with Gasteiger partial charge in [-0.05, 0) is 73.9 Å². The molecule has 4 amide bonds. The number of hydrogen-bond acceptors (Lipinski definition) is 6. The van der Waals surface area contributed by atoms with Crippen molar-refractivity contribution >= 4 is 23.6 Å². The number of ether oxygens (including phenoxy) is 1. The molecule has 4 aromatic rings. The van der Waals surface area contributed by atoms with Crippen LogP contribution < -0.4 is 15.4 Å². The number of fused-ring (bicyclic) bond motifs is 4. The predicted molar refractivity (Wildman–Crippen MR) is 192 cm³/mol. The van der Waals surface area contributed by atoms with Crippen molar-refractivity contribution in [1.29, 1.82) is 0 Å². The average molecular weight is 689 g/mol. The van der Waals surface area contributed by atoms with E-state index in [1.54, 1.807) is 18.7 Å². The van der Waals surface area contributed by atoms with Gasteiger partial charge in [-0.15, -0.1) is 0 Å². The minimum Gasteiger partial charge on any atom is -0.497 e. The summed E-state index contributed by atoms with van der Waals surface area (Å²) in [6.07, 6.45) is 2.68. The molecule has 264 valence electrons. The van der Waals surface area contributed by atoms with Gasteiger partial charge in [0.1, 0.15) is 17.8 Å². The Labute approximate surface area is 298 Å². The van der Waals surface area contributed by atoms with E-state index in [0.717, 1.165) is 34.7 Å². The van der Waals surface area contributed by atoms with Crippen molar-refractivity contribution in [1.82, 2.24) is 30.2 Å². The molecule has 1 aromatic heterocycles. The van der Waals surface area contributed by atoms with Crippen molar-refractivity contribution in [3.63, 3.8) is 0 Å². The summed E-state index contributed by atoms with van der Waals surface area (Å²) in [4.78, 5) is 58.6.